The highest BCUT2D eigenvalue weighted by atomic mass is 19.1. The average molecular weight is 308 g/mol. The van der Waals surface area contributed by atoms with Crippen LogP contribution < -0.4 is 4.74 Å². The number of rotatable bonds is 3. The summed E-state index contributed by atoms with van der Waals surface area (Å²) >= 11 is 0. The molecule has 2 aliphatic rings. The average Bonchev–Trinajstić information content (AvgIpc) is 2.97. The zero-order valence-corrected chi connectivity index (χ0v) is 12.7. The molecule has 0 radical (unpaired) electrons. The predicted octanol–water partition coefficient (Wildman–Crippen LogP) is 1.14. The van der Waals surface area contributed by atoms with E-state index in [-0.39, 0.29) is 23.9 Å². The second kappa shape index (κ2) is 6.62. The molecule has 6 heteroatoms. The molecule has 0 aromatic heterocycles. The molecule has 0 bridgehead atoms. The van der Waals surface area contributed by atoms with Crippen molar-refractivity contribution in [3.05, 3.63) is 30.1 Å². The smallest absolute Gasteiger partial charge is 0.253 e. The van der Waals surface area contributed by atoms with Crippen molar-refractivity contribution in [1.29, 1.82) is 0 Å². The predicted molar refractivity (Wildman–Crippen MR) is 79.3 cm³/mol. The molecule has 2 saturated heterocycles. The van der Waals surface area contributed by atoms with Crippen LogP contribution in [0.25, 0.3) is 0 Å². The van der Waals surface area contributed by atoms with E-state index in [2.05, 4.69) is 4.90 Å². The lowest BCUT2D eigenvalue weighted by Crippen LogP contribution is -2.49. The standard InChI is InChI=1S/C16H21FN2O3/c1-18-8-9-21-15(11-18)16(20)19-7-6-14(10-19)22-13-4-2-12(17)3-5-13/h2-5,14-15H,6-11H2,1H3/t14-,15+/m1/s1. The Hall–Kier alpha value is -1.66. The first-order valence-corrected chi connectivity index (χ1v) is 7.63. The number of likely N-dealkylation sites (N-methyl/N-ethyl adjacent to an activating group) is 1. The van der Waals surface area contributed by atoms with Crippen molar-refractivity contribution in [2.24, 2.45) is 0 Å². The number of carbonyl (C=O) groups excluding carboxylic acids is 1. The SMILES string of the molecule is CN1CCO[C@H](C(=O)N2CC[C@@H](Oc3ccc(F)cc3)C2)C1. The fraction of sp³-hybridized carbons (Fsp3) is 0.562. The van der Waals surface area contributed by atoms with Crippen LogP contribution in [-0.2, 0) is 9.53 Å². The first-order chi connectivity index (χ1) is 10.6. The van der Waals surface area contributed by atoms with Crippen LogP contribution in [0.1, 0.15) is 6.42 Å². The van der Waals surface area contributed by atoms with Crippen LogP contribution in [-0.4, -0.2) is 67.7 Å². The van der Waals surface area contributed by atoms with Gasteiger partial charge in [0.25, 0.3) is 5.91 Å². The minimum atomic E-state index is -0.372. The summed E-state index contributed by atoms with van der Waals surface area (Å²) in [5.41, 5.74) is 0. The molecule has 0 unspecified atom stereocenters. The number of morpholine rings is 1. The van der Waals surface area contributed by atoms with E-state index < -0.39 is 0 Å². The highest BCUT2D eigenvalue weighted by Gasteiger charge is 2.34. The molecular formula is C16H21FN2O3. The van der Waals surface area contributed by atoms with Gasteiger partial charge in [-0.3, -0.25) is 4.79 Å². The van der Waals surface area contributed by atoms with Gasteiger partial charge in [0.1, 0.15) is 23.8 Å². The van der Waals surface area contributed by atoms with Gasteiger partial charge in [-0.05, 0) is 31.3 Å². The van der Waals surface area contributed by atoms with Gasteiger partial charge in [0.15, 0.2) is 0 Å². The molecular weight excluding hydrogens is 287 g/mol. The summed E-state index contributed by atoms with van der Waals surface area (Å²) in [5.74, 6) is 0.389. The van der Waals surface area contributed by atoms with Gasteiger partial charge in [-0.15, -0.1) is 0 Å². The lowest BCUT2D eigenvalue weighted by molar-refractivity contribution is -0.148. The molecule has 5 nitrogen and oxygen atoms in total. The number of carbonyl (C=O) groups is 1. The van der Waals surface area contributed by atoms with E-state index in [1.807, 2.05) is 7.05 Å². The molecule has 0 aliphatic carbocycles. The maximum atomic E-state index is 12.9. The normalized spacial score (nSPS) is 26.2. The van der Waals surface area contributed by atoms with E-state index >= 15 is 0 Å². The van der Waals surface area contributed by atoms with Crippen molar-refractivity contribution >= 4 is 5.91 Å². The topological polar surface area (TPSA) is 42.0 Å². The third-order valence-corrected chi connectivity index (χ3v) is 4.12. The summed E-state index contributed by atoms with van der Waals surface area (Å²) in [5, 5.41) is 0. The van der Waals surface area contributed by atoms with Crippen LogP contribution in [0.5, 0.6) is 5.75 Å². The van der Waals surface area contributed by atoms with Gasteiger partial charge >= 0.3 is 0 Å². The molecule has 0 saturated carbocycles. The number of hydrogen-bond acceptors (Lipinski definition) is 4. The monoisotopic (exact) mass is 308 g/mol. The maximum absolute atomic E-state index is 12.9. The van der Waals surface area contributed by atoms with E-state index in [0.29, 0.717) is 32.0 Å². The van der Waals surface area contributed by atoms with Crippen molar-refractivity contribution < 1.29 is 18.7 Å². The van der Waals surface area contributed by atoms with Crippen LogP contribution in [0.15, 0.2) is 24.3 Å². The molecule has 0 N–H and O–H groups in total. The van der Waals surface area contributed by atoms with Gasteiger partial charge in [0, 0.05) is 26.1 Å². The molecule has 1 aromatic carbocycles. The lowest BCUT2D eigenvalue weighted by Gasteiger charge is -2.31. The number of benzene rings is 1. The van der Waals surface area contributed by atoms with Gasteiger partial charge in [0.05, 0.1) is 13.2 Å². The summed E-state index contributed by atoms with van der Waals surface area (Å²) in [4.78, 5) is 16.4. The molecule has 2 heterocycles. The fourth-order valence-corrected chi connectivity index (χ4v) is 2.86. The zero-order chi connectivity index (χ0) is 15.5. The van der Waals surface area contributed by atoms with Gasteiger partial charge in [-0.25, -0.2) is 4.39 Å². The molecule has 120 valence electrons. The number of ether oxygens (including phenoxy) is 2. The number of amides is 1. The van der Waals surface area contributed by atoms with Crippen LogP contribution in [0.3, 0.4) is 0 Å². The van der Waals surface area contributed by atoms with Crippen molar-refractivity contribution in [3.63, 3.8) is 0 Å². The van der Waals surface area contributed by atoms with Crippen molar-refractivity contribution in [2.45, 2.75) is 18.6 Å². The van der Waals surface area contributed by atoms with Crippen LogP contribution in [0, 0.1) is 5.82 Å². The molecule has 22 heavy (non-hydrogen) atoms. The first-order valence-electron chi connectivity index (χ1n) is 7.63. The van der Waals surface area contributed by atoms with E-state index in [9.17, 15) is 9.18 Å². The third kappa shape index (κ3) is 3.56. The van der Waals surface area contributed by atoms with Gasteiger partial charge in [0.2, 0.25) is 0 Å². The summed E-state index contributed by atoms with van der Waals surface area (Å²) in [7, 11) is 1.99. The van der Waals surface area contributed by atoms with Gasteiger partial charge < -0.3 is 19.3 Å². The number of nitrogens with zero attached hydrogens (tertiary/aromatic N) is 2. The Bertz CT molecular complexity index is 523. The summed E-state index contributed by atoms with van der Waals surface area (Å²) in [6, 6.07) is 5.97. The van der Waals surface area contributed by atoms with Crippen molar-refractivity contribution in [1.82, 2.24) is 9.80 Å². The molecule has 2 fully saturated rings. The molecule has 2 atom stereocenters. The summed E-state index contributed by atoms with van der Waals surface area (Å²) < 4.78 is 24.3. The Morgan fingerprint density at radius 1 is 1.27 bits per heavy atom. The van der Waals surface area contributed by atoms with E-state index in [0.717, 1.165) is 13.0 Å². The van der Waals surface area contributed by atoms with E-state index in [1.165, 1.54) is 12.1 Å². The molecule has 3 rings (SSSR count). The Morgan fingerprint density at radius 3 is 2.77 bits per heavy atom. The fourth-order valence-electron chi connectivity index (χ4n) is 2.86. The summed E-state index contributed by atoms with van der Waals surface area (Å²) in [6.45, 7) is 3.32. The first kappa shape index (κ1) is 15.2. The quantitative estimate of drug-likeness (QED) is 0.840. The number of hydrogen-bond donors (Lipinski definition) is 0. The Kier molecular flexibility index (Phi) is 4.59. The van der Waals surface area contributed by atoms with Gasteiger partial charge in [-0.2, -0.15) is 0 Å². The van der Waals surface area contributed by atoms with Gasteiger partial charge in [-0.1, -0.05) is 0 Å². The highest BCUT2D eigenvalue weighted by molar-refractivity contribution is 5.81. The van der Waals surface area contributed by atoms with Crippen LogP contribution >= 0.6 is 0 Å². The second-order valence-corrected chi connectivity index (χ2v) is 5.89. The molecule has 1 amide bonds. The summed E-state index contributed by atoms with van der Waals surface area (Å²) in [6.07, 6.45) is 0.366. The van der Waals surface area contributed by atoms with Crippen LogP contribution in [0.2, 0.25) is 0 Å². The highest BCUT2D eigenvalue weighted by Crippen LogP contribution is 2.20. The maximum Gasteiger partial charge on any atom is 0.253 e. The Balaban J connectivity index is 1.53. The molecule has 1 aromatic rings. The third-order valence-electron chi connectivity index (χ3n) is 4.12. The molecule has 2 aliphatic heterocycles. The zero-order valence-electron chi connectivity index (χ0n) is 12.7. The van der Waals surface area contributed by atoms with Crippen molar-refractivity contribution in [3.8, 4) is 5.75 Å². The molecule has 0 spiro atoms. The van der Waals surface area contributed by atoms with E-state index in [4.69, 9.17) is 9.47 Å². The lowest BCUT2D eigenvalue weighted by atomic mass is 10.2. The van der Waals surface area contributed by atoms with E-state index in [1.54, 1.807) is 17.0 Å². The minimum absolute atomic E-state index is 0.0387. The largest absolute Gasteiger partial charge is 0.489 e. The van der Waals surface area contributed by atoms with Crippen LogP contribution in [0.4, 0.5) is 4.39 Å². The minimum Gasteiger partial charge on any atom is -0.489 e. The Labute approximate surface area is 129 Å². The number of halogens is 1. The van der Waals surface area contributed by atoms with Crippen molar-refractivity contribution in [2.75, 3.05) is 39.8 Å². The number of likely N-dealkylation sites (tertiary alicyclic amines) is 1. The Morgan fingerprint density at radius 2 is 2.05 bits per heavy atom. The second-order valence-electron chi connectivity index (χ2n) is 5.89.